The molecule has 0 saturated carbocycles. The van der Waals surface area contributed by atoms with Crippen LogP contribution in [-0.2, 0) is 0 Å². The van der Waals surface area contributed by atoms with Crippen molar-refractivity contribution in [3.8, 4) is 0 Å². The Morgan fingerprint density at radius 2 is 1.71 bits per heavy atom. The number of hydrogen-bond donors (Lipinski definition) is 2. The van der Waals surface area contributed by atoms with Crippen LogP contribution in [0.1, 0.15) is 32.1 Å². The van der Waals surface area contributed by atoms with Crippen LogP contribution in [0.4, 0.5) is 0 Å². The van der Waals surface area contributed by atoms with Gasteiger partial charge >= 0.3 is 0 Å². The van der Waals surface area contributed by atoms with Gasteiger partial charge in [0.05, 0.1) is 6.10 Å². The first-order valence-corrected chi connectivity index (χ1v) is 6.01. The molecule has 2 bridgehead atoms. The first-order valence-electron chi connectivity index (χ1n) is 6.01. The van der Waals surface area contributed by atoms with Crippen molar-refractivity contribution in [2.45, 2.75) is 56.3 Å². The Labute approximate surface area is 85.5 Å². The molecule has 3 heteroatoms. The molecular weight excluding hydrogens is 176 g/mol. The predicted octanol–water partition coefficient (Wildman–Crippen LogP) is 0.336. The lowest BCUT2D eigenvalue weighted by molar-refractivity contribution is 0.0149. The molecule has 0 radical (unpaired) electrons. The molecule has 3 saturated heterocycles. The molecule has 3 fully saturated rings. The summed E-state index contributed by atoms with van der Waals surface area (Å²) >= 11 is 0. The number of fused-ring (bicyclic) bond motifs is 2. The van der Waals surface area contributed by atoms with Gasteiger partial charge < -0.3 is 10.4 Å². The fourth-order valence-corrected chi connectivity index (χ4v) is 3.67. The molecule has 0 aromatic heterocycles. The van der Waals surface area contributed by atoms with Crippen molar-refractivity contribution in [3.63, 3.8) is 0 Å². The third kappa shape index (κ3) is 1.38. The van der Waals surface area contributed by atoms with E-state index in [1.54, 1.807) is 0 Å². The summed E-state index contributed by atoms with van der Waals surface area (Å²) in [5.74, 6) is 0. The third-order valence-corrected chi connectivity index (χ3v) is 4.22. The fourth-order valence-electron chi connectivity index (χ4n) is 3.67. The number of piperidine rings is 1. The predicted molar refractivity (Wildman–Crippen MR) is 55.2 cm³/mol. The van der Waals surface area contributed by atoms with E-state index in [4.69, 9.17) is 0 Å². The maximum Gasteiger partial charge on any atom is 0.0570 e. The molecule has 80 valence electrons. The lowest BCUT2D eigenvalue weighted by Crippen LogP contribution is -2.50. The third-order valence-electron chi connectivity index (χ3n) is 4.22. The topological polar surface area (TPSA) is 35.5 Å². The van der Waals surface area contributed by atoms with Crippen LogP contribution in [0.5, 0.6) is 0 Å². The average molecular weight is 196 g/mol. The molecule has 3 unspecified atom stereocenters. The van der Waals surface area contributed by atoms with Gasteiger partial charge in [-0.15, -0.1) is 0 Å². The summed E-state index contributed by atoms with van der Waals surface area (Å²) in [5, 5.41) is 13.2. The van der Waals surface area contributed by atoms with Crippen molar-refractivity contribution in [1.82, 2.24) is 10.2 Å². The van der Waals surface area contributed by atoms with Crippen LogP contribution in [0.2, 0.25) is 0 Å². The minimum Gasteiger partial charge on any atom is -0.393 e. The zero-order valence-electron chi connectivity index (χ0n) is 8.65. The highest BCUT2D eigenvalue weighted by Crippen LogP contribution is 2.38. The van der Waals surface area contributed by atoms with Gasteiger partial charge in [0.15, 0.2) is 0 Å². The van der Waals surface area contributed by atoms with Crippen LogP contribution in [0.3, 0.4) is 0 Å². The number of aliphatic hydroxyl groups is 1. The van der Waals surface area contributed by atoms with Gasteiger partial charge in [-0.25, -0.2) is 0 Å². The van der Waals surface area contributed by atoms with Gasteiger partial charge in [-0.1, -0.05) is 0 Å². The number of rotatable bonds is 1. The van der Waals surface area contributed by atoms with Gasteiger partial charge in [0.25, 0.3) is 0 Å². The first-order chi connectivity index (χ1) is 6.84. The zero-order valence-corrected chi connectivity index (χ0v) is 8.65. The summed E-state index contributed by atoms with van der Waals surface area (Å²) in [6.07, 6.45) is 5.97. The minimum atomic E-state index is -0.0156. The fraction of sp³-hybridized carbons (Fsp3) is 1.00. The maximum absolute atomic E-state index is 9.71. The summed E-state index contributed by atoms with van der Waals surface area (Å²) in [5.41, 5.74) is 0. The van der Waals surface area contributed by atoms with Crippen LogP contribution in [-0.4, -0.2) is 47.3 Å². The van der Waals surface area contributed by atoms with E-state index < -0.39 is 0 Å². The lowest BCUT2D eigenvalue weighted by Gasteiger charge is -2.40. The summed E-state index contributed by atoms with van der Waals surface area (Å²) in [7, 11) is 0. The lowest BCUT2D eigenvalue weighted by atomic mass is 9.97. The standard InChI is InChI=1S/C11H20N2O/c14-11-5-8-1-2-9(6-11)13(8)10-3-4-12-7-10/h8-12,14H,1-7H2. The molecule has 2 N–H and O–H groups in total. The SMILES string of the molecule is OC1CC2CCC(C1)N2C1CCNC1. The first kappa shape index (κ1) is 9.13. The molecule has 3 heterocycles. The van der Waals surface area contributed by atoms with E-state index in [1.807, 2.05) is 0 Å². The number of nitrogens with one attached hydrogen (secondary N) is 1. The van der Waals surface area contributed by atoms with Gasteiger partial charge in [0.2, 0.25) is 0 Å². The van der Waals surface area contributed by atoms with E-state index in [0.29, 0.717) is 12.1 Å². The molecule has 3 aliphatic heterocycles. The Bertz CT molecular complexity index is 201. The largest absolute Gasteiger partial charge is 0.393 e. The summed E-state index contributed by atoms with van der Waals surface area (Å²) in [6, 6.07) is 2.14. The van der Waals surface area contributed by atoms with Crippen molar-refractivity contribution in [1.29, 1.82) is 0 Å². The molecule has 3 nitrogen and oxygen atoms in total. The summed E-state index contributed by atoms with van der Waals surface area (Å²) < 4.78 is 0. The molecule has 0 aliphatic carbocycles. The van der Waals surface area contributed by atoms with Crippen LogP contribution in [0, 0.1) is 0 Å². The van der Waals surface area contributed by atoms with Gasteiger partial charge in [0.1, 0.15) is 0 Å². The molecule has 0 aromatic carbocycles. The monoisotopic (exact) mass is 196 g/mol. The zero-order chi connectivity index (χ0) is 9.54. The average Bonchev–Trinajstić information content (AvgIpc) is 2.72. The second-order valence-electron chi connectivity index (χ2n) is 5.10. The van der Waals surface area contributed by atoms with E-state index in [1.165, 1.54) is 32.4 Å². The smallest absolute Gasteiger partial charge is 0.0570 e. The Balaban J connectivity index is 1.74. The van der Waals surface area contributed by atoms with Crippen LogP contribution < -0.4 is 5.32 Å². The second kappa shape index (κ2) is 3.47. The van der Waals surface area contributed by atoms with Crippen LogP contribution in [0.25, 0.3) is 0 Å². The second-order valence-corrected chi connectivity index (χ2v) is 5.10. The van der Waals surface area contributed by atoms with Crippen LogP contribution >= 0.6 is 0 Å². The Morgan fingerprint density at radius 3 is 2.29 bits per heavy atom. The highest BCUT2D eigenvalue weighted by Gasteiger charge is 2.43. The quantitative estimate of drug-likeness (QED) is 0.634. The summed E-state index contributed by atoms with van der Waals surface area (Å²) in [4.78, 5) is 2.72. The van der Waals surface area contributed by atoms with Gasteiger partial charge in [-0.3, -0.25) is 4.90 Å². The van der Waals surface area contributed by atoms with Crippen LogP contribution in [0.15, 0.2) is 0 Å². The van der Waals surface area contributed by atoms with Crippen molar-refractivity contribution in [3.05, 3.63) is 0 Å². The van der Waals surface area contributed by atoms with E-state index in [0.717, 1.165) is 18.9 Å². The number of aliphatic hydroxyl groups excluding tert-OH is 1. The minimum absolute atomic E-state index is 0.0156. The van der Waals surface area contributed by atoms with Gasteiger partial charge in [-0.2, -0.15) is 0 Å². The Hall–Kier alpha value is -0.120. The highest BCUT2D eigenvalue weighted by atomic mass is 16.3. The normalized spacial score (nSPS) is 48.6. The Morgan fingerprint density at radius 1 is 1.00 bits per heavy atom. The van der Waals surface area contributed by atoms with E-state index in [-0.39, 0.29) is 6.10 Å². The van der Waals surface area contributed by atoms with Gasteiger partial charge in [0, 0.05) is 24.7 Å². The Kier molecular flexibility index (Phi) is 2.26. The molecule has 14 heavy (non-hydrogen) atoms. The molecule has 3 atom stereocenters. The number of hydrogen-bond acceptors (Lipinski definition) is 3. The van der Waals surface area contributed by atoms with Gasteiger partial charge in [-0.05, 0) is 38.6 Å². The molecule has 3 rings (SSSR count). The van der Waals surface area contributed by atoms with E-state index >= 15 is 0 Å². The molecular formula is C11H20N2O. The maximum atomic E-state index is 9.71. The van der Waals surface area contributed by atoms with Crippen molar-refractivity contribution in [2.75, 3.05) is 13.1 Å². The molecule has 0 spiro atoms. The van der Waals surface area contributed by atoms with Crippen molar-refractivity contribution >= 4 is 0 Å². The van der Waals surface area contributed by atoms with E-state index in [9.17, 15) is 5.11 Å². The highest BCUT2D eigenvalue weighted by molar-refractivity contribution is 4.99. The van der Waals surface area contributed by atoms with Crippen molar-refractivity contribution < 1.29 is 5.11 Å². The molecule has 0 amide bonds. The molecule has 0 aromatic rings. The molecule has 3 aliphatic rings. The summed E-state index contributed by atoms with van der Waals surface area (Å²) in [6.45, 7) is 2.35. The number of nitrogens with zero attached hydrogens (tertiary/aromatic N) is 1. The van der Waals surface area contributed by atoms with Crippen molar-refractivity contribution in [2.24, 2.45) is 0 Å². The van der Waals surface area contributed by atoms with E-state index in [2.05, 4.69) is 10.2 Å².